The van der Waals surface area contributed by atoms with Crippen LogP contribution in [-0.4, -0.2) is 294 Å². The van der Waals surface area contributed by atoms with Crippen LogP contribution in [0.5, 0.6) is 0 Å². The number of aromatic nitrogens is 12. The number of aliphatic hydroxyl groups excluding tert-OH is 2. The van der Waals surface area contributed by atoms with Gasteiger partial charge >= 0.3 is 12.1 Å². The third kappa shape index (κ3) is 26.4. The number of ether oxygens (including phenoxy) is 9. The standard InChI is InChI=1S/C94H129N21O21/c1-55-16-10-9-11-17-56(2)72(127-7)47-65-22-19-60(6)94(126,136-65)84(121)88(123)113-28-14-12-18-69(113)89(124)133-73(48-70(116)57(3)43-59(5)81(119)82(120)80(118)58(4)42-55)66(95)44-61-20-23-68(74(45-61)128-8)115-79-78(108-110-115)83(79)135-93(125)99-27-35-130-37-39-132-41-40-131-38-36-129-34-25-75(117)100-49-62-50-101-91(102-51-62)111-30-32-112(33-31-111)92-103-52-64(53-104-92)87(122)98-26-13-15-29-114-86-76(85(96)105-54-106-86)77(109-114)63-21-24-71-67(46-63)107-90(97)134-71/h9-11,16-17,21,24,43,46,50-55,57-58,60-61,65-66,68-69,72-74,81-83,119-120,126H,12-15,18-20,22-23,25-42,44-45,47-49,95H2,1-8H3,(H2,97,107)(H,98,122)(H,99,125)(H,100,117)(H2,96,105,106)/b11-9+,16-10+,56-17+,59-43+/t55-,57-,58-,60-,61+,65+,66-,68+,69+,72+,73+,74-,81-,82+,83?,94-/m1/s1. The maximum atomic E-state index is 14.8. The fraction of sp³-hybridized carbons (Fsp3) is 0.596. The number of piperidine rings is 1. The Morgan fingerprint density at radius 1 is 0.728 bits per heavy atom. The fourth-order valence-electron chi connectivity index (χ4n) is 18.0. The smallest absolute Gasteiger partial charge is 0.408 e. The Morgan fingerprint density at radius 2 is 1.43 bits per heavy atom. The summed E-state index contributed by atoms with van der Waals surface area (Å²) >= 11 is 0. The highest BCUT2D eigenvalue weighted by Gasteiger charge is 2.54. The number of unbranched alkanes of at least 4 members (excludes halogenated alkanes) is 1. The number of aliphatic hydroxyl groups is 3. The zero-order chi connectivity index (χ0) is 96.7. The number of alkyl carbamates (subject to hydrolysis) is 1. The van der Waals surface area contributed by atoms with Crippen LogP contribution in [0, 0.1) is 29.6 Å². The van der Waals surface area contributed by atoms with E-state index >= 15 is 0 Å². The van der Waals surface area contributed by atoms with Crippen LogP contribution in [0.1, 0.15) is 177 Å². The van der Waals surface area contributed by atoms with Gasteiger partial charge in [-0.3, -0.25) is 28.8 Å². The zero-order valence-electron chi connectivity index (χ0n) is 78.5. The average Bonchev–Trinajstić information content (AvgIpc) is 1.56. The number of rotatable bonds is 33. The molecule has 1 unspecified atom stereocenters. The number of allylic oxidation sites excluding steroid dienone is 6. The van der Waals surface area contributed by atoms with Gasteiger partial charge < -0.3 is 110 Å². The van der Waals surface area contributed by atoms with Gasteiger partial charge in [-0.1, -0.05) is 69.4 Å². The molecule has 1 saturated carbocycles. The summed E-state index contributed by atoms with van der Waals surface area (Å²) in [6, 6.07) is 2.97. The third-order valence-corrected chi connectivity index (χ3v) is 26.1. The number of esters is 1. The van der Waals surface area contributed by atoms with Crippen LogP contribution in [0.25, 0.3) is 33.4 Å². The molecule has 6 aliphatic rings. The van der Waals surface area contributed by atoms with Crippen molar-refractivity contribution in [2.75, 3.05) is 134 Å². The van der Waals surface area contributed by atoms with Gasteiger partial charge in [0.15, 0.2) is 23.1 Å². The third-order valence-electron chi connectivity index (χ3n) is 26.1. The topological polar surface area (TPSA) is 556 Å². The molecule has 0 radical (unpaired) electrons. The number of aryl methyl sites for hydroxylation is 1. The van der Waals surface area contributed by atoms with E-state index in [2.05, 4.69) is 66.1 Å². The second-order valence-electron chi connectivity index (χ2n) is 35.9. The van der Waals surface area contributed by atoms with Crippen LogP contribution in [0.15, 0.2) is 101 Å². The molecular weight excluding hydrogens is 1760 g/mol. The summed E-state index contributed by atoms with van der Waals surface area (Å²) in [5.41, 5.74) is 25.5. The number of methoxy groups -OCH3 is 2. The number of carbonyl (C=O) groups excluding carboxylic acids is 8. The van der Waals surface area contributed by atoms with E-state index in [1.54, 1.807) is 62.8 Å². The Labute approximate surface area is 788 Å². The molecule has 4 fully saturated rings. The van der Waals surface area contributed by atoms with Gasteiger partial charge in [0.05, 0.1) is 88.2 Å². The zero-order valence-corrected chi connectivity index (χ0v) is 78.5. The van der Waals surface area contributed by atoms with Gasteiger partial charge in [-0.2, -0.15) is 10.1 Å². The number of piperazine rings is 1. The molecule has 4 aliphatic heterocycles. The predicted molar refractivity (Wildman–Crippen MR) is 495 cm³/mol. The van der Waals surface area contributed by atoms with Gasteiger partial charge in [0.1, 0.15) is 64.9 Å². The largest absolute Gasteiger partial charge is 0.459 e. The van der Waals surface area contributed by atoms with Gasteiger partial charge in [0.25, 0.3) is 23.6 Å². The first-order chi connectivity index (χ1) is 65.6. The van der Waals surface area contributed by atoms with Gasteiger partial charge in [-0.25, -0.2) is 48.9 Å². The summed E-state index contributed by atoms with van der Waals surface area (Å²) in [5.74, 6) is -8.39. The first-order valence-electron chi connectivity index (χ1n) is 47.0. The van der Waals surface area contributed by atoms with Gasteiger partial charge in [0, 0.05) is 152 Å². The number of benzene rings is 1. The van der Waals surface area contributed by atoms with E-state index in [1.165, 1.54) is 31.7 Å². The Balaban J connectivity index is 0.474. The van der Waals surface area contributed by atoms with Crippen molar-refractivity contribution < 1.29 is 101 Å². The van der Waals surface area contributed by atoms with E-state index in [0.717, 1.165) is 21.6 Å². The molecule has 16 atom stereocenters. The number of hydrogen-bond acceptors (Lipinski definition) is 36. The first kappa shape index (κ1) is 102. The Bertz CT molecular complexity index is 5370. The van der Waals surface area contributed by atoms with Crippen LogP contribution in [-0.2, 0) is 84.5 Å². The van der Waals surface area contributed by atoms with Gasteiger partial charge in [-0.05, 0) is 132 Å². The minimum absolute atomic E-state index is 0.00592. The molecular formula is C94H129N21O21. The maximum Gasteiger partial charge on any atom is 0.408 e. The van der Waals surface area contributed by atoms with E-state index in [4.69, 9.17) is 69.3 Å². The molecule has 42 nitrogen and oxygen atoms in total. The summed E-state index contributed by atoms with van der Waals surface area (Å²) in [5, 5.41) is 57.5. The van der Waals surface area contributed by atoms with Crippen LogP contribution >= 0.6 is 0 Å². The summed E-state index contributed by atoms with van der Waals surface area (Å²) in [7, 11) is 3.13. The number of carbonyl (C=O) groups is 8. The number of oxazole rings is 1. The molecule has 2 aliphatic carbocycles. The molecule has 12 N–H and O–H groups in total. The van der Waals surface area contributed by atoms with Crippen LogP contribution in [0.3, 0.4) is 0 Å². The number of cyclic esters (lactones) is 1. The highest BCUT2D eigenvalue weighted by atomic mass is 16.6. The van der Waals surface area contributed by atoms with Crippen molar-refractivity contribution >= 4 is 93.0 Å². The molecule has 2 bridgehead atoms. The lowest BCUT2D eigenvalue weighted by atomic mass is 9.79. The highest BCUT2D eigenvalue weighted by molar-refractivity contribution is 6.39. The first-order valence-corrected chi connectivity index (χ1v) is 47.0. The van der Waals surface area contributed by atoms with Crippen molar-refractivity contribution in [2.45, 2.75) is 218 Å². The van der Waals surface area contributed by atoms with Crippen molar-refractivity contribution in [3.8, 4) is 11.3 Å². The summed E-state index contributed by atoms with van der Waals surface area (Å²) in [4.78, 5) is 147. The quantitative estimate of drug-likeness (QED) is 0.0101. The van der Waals surface area contributed by atoms with E-state index in [9.17, 15) is 53.7 Å². The highest BCUT2D eigenvalue weighted by Crippen LogP contribution is 2.47. The predicted octanol–water partition coefficient (Wildman–Crippen LogP) is 5.82. The molecule has 10 heterocycles. The number of amides is 4. The Hall–Kier alpha value is -11.6. The number of nitrogens with one attached hydrogen (secondary N) is 3. The van der Waals surface area contributed by atoms with Gasteiger partial charge in [0.2, 0.25) is 23.6 Å². The van der Waals surface area contributed by atoms with E-state index in [0.29, 0.717) is 186 Å². The van der Waals surface area contributed by atoms with Crippen molar-refractivity contribution in [2.24, 2.45) is 35.3 Å². The minimum atomic E-state index is -2.52. The molecule has 13 rings (SSSR count). The SMILES string of the molecule is CO[C@H]1C[C@@H]2CC[C@@H](C)[C@@](O)(O2)C(=O)C(=O)N2CCCC[C@H]2C(=O)O[C@H]([C@H](N)C[C@@H]2CC[C@H](n3nnc4c3C4OC(=O)NCCOCCOCCOCCOCCC(=O)NCc3cnc(N4CCN(c5ncc(C(=O)NCCCCn6nc(-c7ccc8oc(N)nc8c7)c7c(N)ncnc76)cn5)CC4)nc3)[C@H](OC)C2)CC(=O)[C@H](C)/C=C(\C)[C@@H](O)[C@@H](O)C(=O)[C@H](C)C[C@H](C)/C=C/C=C/C=C/1C. The summed E-state index contributed by atoms with van der Waals surface area (Å²) in [6.07, 6.45) is 16.4. The second-order valence-corrected chi connectivity index (χ2v) is 35.9. The number of anilines is 4. The average molecular weight is 1890 g/mol. The monoisotopic (exact) mass is 1890 g/mol. The minimum Gasteiger partial charge on any atom is -0.459 e. The number of hydrogen-bond donors (Lipinski definition) is 9. The van der Waals surface area contributed by atoms with Crippen molar-refractivity contribution in [1.82, 2.24) is 80.5 Å². The van der Waals surface area contributed by atoms with E-state index in [1.807, 2.05) is 61.3 Å². The molecule has 42 heteroatoms. The lowest BCUT2D eigenvalue weighted by Crippen LogP contribution is -2.61. The molecule has 1 aromatic carbocycles. The van der Waals surface area contributed by atoms with Crippen LogP contribution < -0.4 is 43.0 Å². The number of nitrogens with zero attached hydrogens (tertiary/aromatic N) is 15. The summed E-state index contributed by atoms with van der Waals surface area (Å²) < 4.78 is 61.6. The Kier molecular flexibility index (Phi) is 36.3. The molecule has 6 aromatic heterocycles. The van der Waals surface area contributed by atoms with Crippen molar-refractivity contribution in [3.05, 3.63) is 119 Å². The van der Waals surface area contributed by atoms with Crippen LogP contribution in [0.2, 0.25) is 0 Å². The number of Topliss-reactive ketones (excluding diaryl/α,β-unsaturated/α-hetero) is 3. The lowest BCUT2D eigenvalue weighted by Gasteiger charge is -2.42. The molecule has 136 heavy (non-hydrogen) atoms. The van der Waals surface area contributed by atoms with Crippen molar-refractivity contribution in [3.63, 3.8) is 0 Å². The maximum absolute atomic E-state index is 14.8. The van der Waals surface area contributed by atoms with Crippen molar-refractivity contribution in [1.29, 1.82) is 0 Å². The second kappa shape index (κ2) is 48.4. The molecule has 4 amide bonds. The number of ketones is 3. The summed E-state index contributed by atoms with van der Waals surface area (Å²) in [6.45, 7) is 16.2. The van der Waals surface area contributed by atoms with E-state index < -0.39 is 120 Å². The molecule has 0 spiro atoms. The normalized spacial score (nSPS) is 26.9. The molecule has 3 saturated heterocycles. The lowest BCUT2D eigenvalue weighted by molar-refractivity contribution is -0.265. The molecule has 736 valence electrons. The van der Waals surface area contributed by atoms with Gasteiger partial charge in [-0.15, -0.1) is 5.10 Å². The Morgan fingerprint density at radius 3 is 2.15 bits per heavy atom. The number of nitrogens with two attached hydrogens (primary N) is 3. The van der Waals surface area contributed by atoms with E-state index in [-0.39, 0.29) is 120 Å². The fourth-order valence-corrected chi connectivity index (χ4v) is 18.0. The number of nitrogen functional groups attached to an aromatic ring is 2. The molecule has 7 aromatic rings. The van der Waals surface area contributed by atoms with Crippen LogP contribution in [0.4, 0.5) is 28.5 Å². The number of fused-ring (bicyclic) bond motifs is 6.